The van der Waals surface area contributed by atoms with Gasteiger partial charge in [-0.3, -0.25) is 4.79 Å². The second-order valence-electron chi connectivity index (χ2n) is 2.91. The number of ether oxygens (including phenoxy) is 1. The molecular weight excluding hydrogens is 198 g/mol. The molecule has 0 fully saturated rings. The number of aliphatic carboxylic acids is 1. The number of carboxylic acid groups (broad SMARTS) is 1. The number of amides is 1. The van der Waals surface area contributed by atoms with Gasteiger partial charge in [0.05, 0.1) is 0 Å². The Bertz CT molecular complexity index is 350. The van der Waals surface area contributed by atoms with Crippen molar-refractivity contribution in [2.24, 2.45) is 5.73 Å². The van der Waals surface area contributed by atoms with Gasteiger partial charge in [-0.2, -0.15) is 0 Å². The maximum absolute atomic E-state index is 10.8. The fourth-order valence-corrected chi connectivity index (χ4v) is 1.10. The summed E-state index contributed by atoms with van der Waals surface area (Å²) in [5, 5.41) is 8.86. The third-order valence-corrected chi connectivity index (χ3v) is 1.72. The predicted molar refractivity (Wildman–Crippen MR) is 52.0 cm³/mol. The van der Waals surface area contributed by atoms with Crippen LogP contribution in [-0.4, -0.2) is 23.6 Å². The van der Waals surface area contributed by atoms with Crippen LogP contribution in [0.4, 0.5) is 0 Å². The molecule has 0 radical (unpaired) electrons. The zero-order valence-corrected chi connectivity index (χ0v) is 7.92. The molecule has 0 aliphatic heterocycles. The smallest absolute Gasteiger partial charge is 0.337 e. The van der Waals surface area contributed by atoms with Crippen molar-refractivity contribution >= 4 is 11.9 Å². The first-order valence-electron chi connectivity index (χ1n) is 4.29. The van der Waals surface area contributed by atoms with Gasteiger partial charge in [0, 0.05) is 0 Å². The van der Waals surface area contributed by atoms with Crippen LogP contribution in [0, 0.1) is 0 Å². The highest BCUT2D eigenvalue weighted by Crippen LogP contribution is 2.16. The Kier molecular flexibility index (Phi) is 3.82. The van der Waals surface area contributed by atoms with Gasteiger partial charge in [-0.05, 0) is 5.56 Å². The van der Waals surface area contributed by atoms with Crippen molar-refractivity contribution in [3.8, 4) is 0 Å². The van der Waals surface area contributed by atoms with Gasteiger partial charge in [-0.1, -0.05) is 30.3 Å². The van der Waals surface area contributed by atoms with E-state index in [9.17, 15) is 9.59 Å². The summed E-state index contributed by atoms with van der Waals surface area (Å²) in [4.78, 5) is 21.3. The topological polar surface area (TPSA) is 89.6 Å². The molecule has 0 saturated carbocycles. The second-order valence-corrected chi connectivity index (χ2v) is 2.91. The maximum Gasteiger partial charge on any atom is 0.337 e. The van der Waals surface area contributed by atoms with Gasteiger partial charge in [0.1, 0.15) is 6.61 Å². The van der Waals surface area contributed by atoms with Gasteiger partial charge in [0.25, 0.3) is 0 Å². The van der Waals surface area contributed by atoms with E-state index >= 15 is 0 Å². The van der Waals surface area contributed by atoms with E-state index in [1.807, 2.05) is 0 Å². The zero-order valence-electron chi connectivity index (χ0n) is 7.92. The van der Waals surface area contributed by atoms with Crippen molar-refractivity contribution in [2.45, 2.75) is 6.10 Å². The minimum Gasteiger partial charge on any atom is -0.479 e. The number of carbonyl (C=O) groups is 2. The highest BCUT2D eigenvalue weighted by Gasteiger charge is 2.20. The van der Waals surface area contributed by atoms with Crippen LogP contribution < -0.4 is 5.73 Å². The molecule has 0 bridgehead atoms. The van der Waals surface area contributed by atoms with E-state index in [0.29, 0.717) is 5.56 Å². The average Bonchev–Trinajstić information content (AvgIpc) is 2.18. The summed E-state index contributed by atoms with van der Waals surface area (Å²) < 4.78 is 4.88. The minimum atomic E-state index is -1.15. The Morgan fingerprint density at radius 3 is 2.40 bits per heavy atom. The molecule has 5 heteroatoms. The van der Waals surface area contributed by atoms with Crippen LogP contribution >= 0.6 is 0 Å². The highest BCUT2D eigenvalue weighted by molar-refractivity contribution is 5.77. The van der Waals surface area contributed by atoms with Gasteiger partial charge in [0.2, 0.25) is 5.91 Å². The van der Waals surface area contributed by atoms with E-state index in [0.717, 1.165) is 0 Å². The number of benzene rings is 1. The summed E-state index contributed by atoms with van der Waals surface area (Å²) in [6.07, 6.45) is -1.15. The number of carboxylic acids is 1. The standard InChI is InChI=1S/C10H11NO4/c11-8(12)6-15-9(10(13)14)7-4-2-1-3-5-7/h1-5,9H,6H2,(H2,11,12)(H,13,14). The monoisotopic (exact) mass is 209 g/mol. The molecular formula is C10H11NO4. The number of nitrogens with two attached hydrogens (primary N) is 1. The predicted octanol–water partition coefficient (Wildman–Crippen LogP) is 0.314. The largest absolute Gasteiger partial charge is 0.479 e. The first kappa shape index (κ1) is 11.2. The van der Waals surface area contributed by atoms with Crippen LogP contribution in [0.1, 0.15) is 11.7 Å². The van der Waals surface area contributed by atoms with E-state index in [4.69, 9.17) is 15.6 Å². The lowest BCUT2D eigenvalue weighted by Crippen LogP contribution is -2.23. The van der Waals surface area contributed by atoms with Crippen molar-refractivity contribution in [3.05, 3.63) is 35.9 Å². The lowest BCUT2D eigenvalue weighted by Gasteiger charge is -2.12. The summed E-state index contributed by atoms with van der Waals surface area (Å²) in [6.45, 7) is -0.411. The molecule has 5 nitrogen and oxygen atoms in total. The molecule has 1 aromatic rings. The summed E-state index contributed by atoms with van der Waals surface area (Å²) >= 11 is 0. The highest BCUT2D eigenvalue weighted by atomic mass is 16.5. The van der Waals surface area contributed by atoms with Crippen LogP contribution in [0.15, 0.2) is 30.3 Å². The molecule has 80 valence electrons. The molecule has 3 N–H and O–H groups in total. The molecule has 1 rings (SSSR count). The van der Waals surface area contributed by atoms with Gasteiger partial charge < -0.3 is 15.6 Å². The summed E-state index contributed by atoms with van der Waals surface area (Å²) in [5.74, 6) is -1.85. The summed E-state index contributed by atoms with van der Waals surface area (Å²) in [6, 6.07) is 8.37. The Morgan fingerprint density at radius 2 is 1.93 bits per heavy atom. The fourth-order valence-electron chi connectivity index (χ4n) is 1.10. The van der Waals surface area contributed by atoms with Crippen molar-refractivity contribution < 1.29 is 19.4 Å². The second kappa shape index (κ2) is 5.11. The van der Waals surface area contributed by atoms with E-state index in [2.05, 4.69) is 0 Å². The molecule has 15 heavy (non-hydrogen) atoms. The fraction of sp³-hybridized carbons (Fsp3) is 0.200. The number of rotatable bonds is 5. The molecule has 1 aromatic carbocycles. The third-order valence-electron chi connectivity index (χ3n) is 1.72. The van der Waals surface area contributed by atoms with Gasteiger partial charge in [0.15, 0.2) is 6.10 Å². The normalized spacial score (nSPS) is 12.0. The van der Waals surface area contributed by atoms with E-state index in [1.54, 1.807) is 30.3 Å². The van der Waals surface area contributed by atoms with Crippen molar-refractivity contribution in [1.82, 2.24) is 0 Å². The van der Waals surface area contributed by atoms with Gasteiger partial charge in [-0.15, -0.1) is 0 Å². The van der Waals surface area contributed by atoms with Crippen LogP contribution in [0.25, 0.3) is 0 Å². The molecule has 1 unspecified atom stereocenters. The summed E-state index contributed by atoms with van der Waals surface area (Å²) in [5.41, 5.74) is 5.34. The number of hydrogen-bond donors (Lipinski definition) is 2. The molecule has 0 aliphatic rings. The quantitative estimate of drug-likeness (QED) is 0.730. The van der Waals surface area contributed by atoms with Gasteiger partial charge >= 0.3 is 5.97 Å². The van der Waals surface area contributed by atoms with Crippen LogP contribution in [0.3, 0.4) is 0 Å². The first-order chi connectivity index (χ1) is 7.11. The van der Waals surface area contributed by atoms with Crippen molar-refractivity contribution in [3.63, 3.8) is 0 Å². The molecule has 1 amide bonds. The average molecular weight is 209 g/mol. The first-order valence-corrected chi connectivity index (χ1v) is 4.29. The Balaban J connectivity index is 2.75. The Labute approximate surface area is 86.5 Å². The minimum absolute atomic E-state index is 0.411. The SMILES string of the molecule is NC(=O)COC(C(=O)O)c1ccccc1. The van der Waals surface area contributed by atoms with Crippen molar-refractivity contribution in [2.75, 3.05) is 6.61 Å². The molecule has 0 aliphatic carbocycles. The van der Waals surface area contributed by atoms with Crippen LogP contribution in [0.2, 0.25) is 0 Å². The third kappa shape index (κ3) is 3.40. The maximum atomic E-state index is 10.8. The number of hydrogen-bond acceptors (Lipinski definition) is 3. The molecule has 0 aromatic heterocycles. The Hall–Kier alpha value is -1.88. The van der Waals surface area contributed by atoms with E-state index in [-0.39, 0.29) is 0 Å². The molecule has 0 spiro atoms. The lowest BCUT2D eigenvalue weighted by molar-refractivity contribution is -0.152. The lowest BCUT2D eigenvalue weighted by atomic mass is 10.1. The van der Waals surface area contributed by atoms with Crippen LogP contribution in [0.5, 0.6) is 0 Å². The van der Waals surface area contributed by atoms with Crippen LogP contribution in [-0.2, 0) is 14.3 Å². The van der Waals surface area contributed by atoms with Crippen molar-refractivity contribution in [1.29, 1.82) is 0 Å². The van der Waals surface area contributed by atoms with E-state index in [1.165, 1.54) is 0 Å². The zero-order chi connectivity index (χ0) is 11.3. The Morgan fingerprint density at radius 1 is 1.33 bits per heavy atom. The molecule has 1 atom stereocenters. The van der Waals surface area contributed by atoms with E-state index < -0.39 is 24.6 Å². The number of primary amides is 1. The summed E-state index contributed by atoms with van der Waals surface area (Å²) in [7, 11) is 0. The number of carbonyl (C=O) groups excluding carboxylic acids is 1. The van der Waals surface area contributed by atoms with Gasteiger partial charge in [-0.25, -0.2) is 4.79 Å². The molecule has 0 heterocycles. The molecule has 0 saturated heterocycles.